The quantitative estimate of drug-likeness (QED) is 0.580. The molecule has 0 aliphatic heterocycles. The number of aromatic nitrogens is 1. The molecule has 0 unspecified atom stereocenters. The molecule has 0 fully saturated rings. The van der Waals surface area contributed by atoms with Gasteiger partial charge in [-0.1, -0.05) is 0 Å². The number of carboxylic acids is 1. The maximum atomic E-state index is 11.7. The van der Waals surface area contributed by atoms with Crippen molar-refractivity contribution in [2.45, 2.75) is 12.5 Å². The van der Waals surface area contributed by atoms with Crippen LogP contribution in [0.5, 0.6) is 5.75 Å². The number of hydrogen-bond donors (Lipinski definition) is 4. The Labute approximate surface area is 103 Å². The van der Waals surface area contributed by atoms with Crippen molar-refractivity contribution in [1.29, 1.82) is 0 Å². The number of pyridine rings is 1. The Bertz CT molecular complexity index is 452. The number of hydrogen-bond acceptors (Lipinski definition) is 5. The molecule has 1 rings (SSSR count). The molecule has 1 heterocycles. The first-order valence-electron chi connectivity index (χ1n) is 4.71. The topological polar surface area (TPSA) is 99.5 Å². The Balaban J connectivity index is 2.93. The minimum absolute atomic E-state index is 0.0817. The number of nitrogens with zero attached hydrogens (tertiary/aromatic N) is 1. The zero-order chi connectivity index (χ0) is 13.1. The maximum Gasteiger partial charge on any atom is 0.329 e. The molecule has 0 spiro atoms. The summed E-state index contributed by atoms with van der Waals surface area (Å²) in [6.07, 6.45) is 1.33. The normalized spacial score (nSPS) is 13.8. The lowest BCUT2D eigenvalue weighted by molar-refractivity contribution is -0.142. The second-order valence-corrected chi connectivity index (χ2v) is 3.94. The van der Waals surface area contributed by atoms with E-state index < -0.39 is 17.4 Å². The average molecular weight is 256 g/mol. The molecule has 1 amide bonds. The number of carbonyl (C=O) groups excluding carboxylic acids is 1. The molecule has 17 heavy (non-hydrogen) atoms. The number of nitrogens with one attached hydrogen (secondary N) is 1. The Morgan fingerprint density at radius 3 is 2.71 bits per heavy atom. The largest absolute Gasteiger partial charge is 0.505 e. The Kier molecular flexibility index (Phi) is 3.95. The van der Waals surface area contributed by atoms with Crippen LogP contribution in [0.3, 0.4) is 0 Å². The zero-order valence-corrected chi connectivity index (χ0v) is 9.94. The summed E-state index contributed by atoms with van der Waals surface area (Å²) in [7, 11) is 0. The van der Waals surface area contributed by atoms with Crippen LogP contribution < -0.4 is 5.32 Å². The third-order valence-electron chi connectivity index (χ3n) is 2.18. The van der Waals surface area contributed by atoms with Crippen LogP contribution in [-0.2, 0) is 4.79 Å². The predicted molar refractivity (Wildman–Crippen MR) is 63.3 cm³/mol. The van der Waals surface area contributed by atoms with E-state index in [1.165, 1.54) is 25.3 Å². The molecule has 0 saturated carbocycles. The molecule has 1 aromatic heterocycles. The Morgan fingerprint density at radius 2 is 2.24 bits per heavy atom. The van der Waals surface area contributed by atoms with Gasteiger partial charge >= 0.3 is 5.97 Å². The lowest BCUT2D eigenvalue weighted by atomic mass is 10.1. The smallest absolute Gasteiger partial charge is 0.329 e. The fourth-order valence-corrected chi connectivity index (χ4v) is 1.26. The van der Waals surface area contributed by atoms with Gasteiger partial charge in [-0.2, -0.15) is 12.6 Å². The van der Waals surface area contributed by atoms with Crippen LogP contribution in [0, 0.1) is 0 Å². The SMILES string of the molecule is C[C@](CS)(NC(=O)c1ncccc1O)C(=O)O. The molecular formula is C10H12N2O4S. The third kappa shape index (κ3) is 2.88. The number of amides is 1. The fourth-order valence-electron chi connectivity index (χ4n) is 1.04. The summed E-state index contributed by atoms with van der Waals surface area (Å²) in [6.45, 7) is 1.32. The molecule has 1 atom stereocenters. The summed E-state index contributed by atoms with van der Waals surface area (Å²) in [6, 6.07) is 2.75. The highest BCUT2D eigenvalue weighted by molar-refractivity contribution is 7.80. The van der Waals surface area contributed by atoms with Crippen molar-refractivity contribution in [1.82, 2.24) is 10.3 Å². The van der Waals surface area contributed by atoms with Crippen LogP contribution in [0.2, 0.25) is 0 Å². The van der Waals surface area contributed by atoms with Crippen LogP contribution in [-0.4, -0.2) is 38.4 Å². The summed E-state index contributed by atoms with van der Waals surface area (Å²) < 4.78 is 0. The maximum absolute atomic E-state index is 11.7. The van der Waals surface area contributed by atoms with E-state index in [9.17, 15) is 14.7 Å². The van der Waals surface area contributed by atoms with Gasteiger partial charge in [0, 0.05) is 11.9 Å². The zero-order valence-electron chi connectivity index (χ0n) is 9.04. The van der Waals surface area contributed by atoms with E-state index in [0.717, 1.165) is 0 Å². The van der Waals surface area contributed by atoms with Crippen LogP contribution in [0.15, 0.2) is 18.3 Å². The molecule has 92 valence electrons. The number of thiol groups is 1. The number of rotatable bonds is 4. The van der Waals surface area contributed by atoms with E-state index in [0.29, 0.717) is 0 Å². The molecular weight excluding hydrogens is 244 g/mol. The van der Waals surface area contributed by atoms with E-state index >= 15 is 0 Å². The molecule has 3 N–H and O–H groups in total. The van der Waals surface area contributed by atoms with Gasteiger partial charge in [0.05, 0.1) is 0 Å². The predicted octanol–water partition coefficient (Wildman–Crippen LogP) is 0.290. The number of aromatic hydroxyl groups is 1. The van der Waals surface area contributed by atoms with Gasteiger partial charge in [0.1, 0.15) is 11.3 Å². The molecule has 7 heteroatoms. The van der Waals surface area contributed by atoms with Crippen molar-refractivity contribution in [2.75, 3.05) is 5.75 Å². The molecule has 0 aliphatic carbocycles. The summed E-state index contributed by atoms with van der Waals surface area (Å²) in [4.78, 5) is 26.3. The van der Waals surface area contributed by atoms with Crippen molar-refractivity contribution in [2.24, 2.45) is 0 Å². The van der Waals surface area contributed by atoms with Crippen LogP contribution in [0.4, 0.5) is 0 Å². The van der Waals surface area contributed by atoms with E-state index in [1.54, 1.807) is 0 Å². The van der Waals surface area contributed by atoms with Crippen LogP contribution in [0.25, 0.3) is 0 Å². The van der Waals surface area contributed by atoms with Crippen molar-refractivity contribution in [3.63, 3.8) is 0 Å². The van der Waals surface area contributed by atoms with Crippen LogP contribution in [0.1, 0.15) is 17.4 Å². The summed E-state index contributed by atoms with van der Waals surface area (Å²) in [5, 5.41) is 20.6. The summed E-state index contributed by atoms with van der Waals surface area (Å²) in [5.74, 6) is -2.36. The molecule has 0 radical (unpaired) electrons. The highest BCUT2D eigenvalue weighted by Gasteiger charge is 2.34. The third-order valence-corrected chi connectivity index (χ3v) is 2.81. The van der Waals surface area contributed by atoms with Gasteiger partial charge < -0.3 is 15.5 Å². The first-order chi connectivity index (χ1) is 7.90. The molecule has 0 bridgehead atoms. The van der Waals surface area contributed by atoms with E-state index in [4.69, 9.17) is 5.11 Å². The van der Waals surface area contributed by atoms with Gasteiger partial charge in [0.15, 0.2) is 5.69 Å². The van der Waals surface area contributed by atoms with Gasteiger partial charge in [-0.05, 0) is 19.1 Å². The van der Waals surface area contributed by atoms with Gasteiger partial charge in [0.25, 0.3) is 5.91 Å². The summed E-state index contributed by atoms with van der Waals surface area (Å²) >= 11 is 3.88. The van der Waals surface area contributed by atoms with Crippen molar-refractivity contribution in [3.8, 4) is 5.75 Å². The van der Waals surface area contributed by atoms with Gasteiger partial charge in [0.2, 0.25) is 0 Å². The number of carbonyl (C=O) groups is 2. The molecule has 1 aromatic rings. The average Bonchev–Trinajstić information content (AvgIpc) is 2.29. The summed E-state index contributed by atoms with van der Waals surface area (Å²) in [5.41, 5.74) is -1.73. The lowest BCUT2D eigenvalue weighted by Crippen LogP contribution is -2.53. The number of carboxylic acid groups (broad SMARTS) is 1. The van der Waals surface area contributed by atoms with Crippen molar-refractivity contribution < 1.29 is 19.8 Å². The lowest BCUT2D eigenvalue weighted by Gasteiger charge is -2.23. The Hall–Kier alpha value is -1.76. The molecule has 0 saturated heterocycles. The van der Waals surface area contributed by atoms with E-state index in [-0.39, 0.29) is 17.2 Å². The fraction of sp³-hybridized carbons (Fsp3) is 0.300. The van der Waals surface area contributed by atoms with E-state index in [2.05, 4.69) is 22.9 Å². The highest BCUT2D eigenvalue weighted by Crippen LogP contribution is 2.14. The van der Waals surface area contributed by atoms with Gasteiger partial charge in [-0.25, -0.2) is 9.78 Å². The molecule has 0 aliphatic rings. The van der Waals surface area contributed by atoms with Gasteiger partial charge in [-0.15, -0.1) is 0 Å². The van der Waals surface area contributed by atoms with E-state index in [1.807, 2.05) is 0 Å². The second-order valence-electron chi connectivity index (χ2n) is 3.62. The standard InChI is InChI=1S/C10H12N2O4S/c1-10(5-17,9(15)16)12-8(14)7-6(13)3-2-4-11-7/h2-4,13,17H,5H2,1H3,(H,12,14)(H,15,16)/t10-/m1/s1. The molecule has 6 nitrogen and oxygen atoms in total. The van der Waals surface area contributed by atoms with Crippen molar-refractivity contribution in [3.05, 3.63) is 24.0 Å². The Morgan fingerprint density at radius 1 is 1.59 bits per heavy atom. The minimum Gasteiger partial charge on any atom is -0.505 e. The first-order valence-corrected chi connectivity index (χ1v) is 5.34. The second kappa shape index (κ2) is 5.05. The molecule has 0 aromatic carbocycles. The van der Waals surface area contributed by atoms with Crippen LogP contribution >= 0.6 is 12.6 Å². The van der Waals surface area contributed by atoms with Crippen molar-refractivity contribution >= 4 is 24.5 Å². The monoisotopic (exact) mass is 256 g/mol. The highest BCUT2D eigenvalue weighted by atomic mass is 32.1. The first kappa shape index (κ1) is 13.3. The number of aliphatic carboxylic acids is 1. The van der Waals surface area contributed by atoms with Gasteiger partial charge in [-0.3, -0.25) is 4.79 Å². The minimum atomic E-state index is -1.51.